The standard InChI is InChI=1S/C19H22F2N4O3/c1-11(2)19(27)25(16-7-14(17(22)26)4-5-23-16)9-13-6-12(3)18(24-8-13)28-10-15(20)21/h4-8,11,15H,9-10H2,1-3H3,(H2,22,26). The number of aromatic nitrogens is 2. The second kappa shape index (κ2) is 9.20. The number of hydrogen-bond acceptors (Lipinski definition) is 5. The highest BCUT2D eigenvalue weighted by Gasteiger charge is 2.22. The molecule has 0 unspecified atom stereocenters. The molecule has 0 radical (unpaired) electrons. The highest BCUT2D eigenvalue weighted by molar-refractivity contribution is 5.97. The molecular weight excluding hydrogens is 370 g/mol. The van der Waals surface area contributed by atoms with Crippen LogP contribution in [-0.2, 0) is 11.3 Å². The minimum absolute atomic E-state index is 0.111. The number of primary amides is 1. The van der Waals surface area contributed by atoms with Crippen molar-refractivity contribution < 1.29 is 23.1 Å². The number of hydrogen-bond donors (Lipinski definition) is 1. The van der Waals surface area contributed by atoms with E-state index in [1.165, 1.54) is 29.4 Å². The molecule has 0 saturated carbocycles. The first-order valence-electron chi connectivity index (χ1n) is 8.62. The Morgan fingerprint density at radius 3 is 2.54 bits per heavy atom. The van der Waals surface area contributed by atoms with Gasteiger partial charge in [0.25, 0.3) is 6.43 Å². The number of anilines is 1. The van der Waals surface area contributed by atoms with E-state index in [9.17, 15) is 18.4 Å². The minimum atomic E-state index is -2.59. The molecule has 9 heteroatoms. The van der Waals surface area contributed by atoms with Crippen LogP contribution >= 0.6 is 0 Å². The molecule has 2 N–H and O–H groups in total. The predicted molar refractivity (Wildman–Crippen MR) is 99.3 cm³/mol. The van der Waals surface area contributed by atoms with Gasteiger partial charge in [-0.2, -0.15) is 0 Å². The summed E-state index contributed by atoms with van der Waals surface area (Å²) in [6, 6.07) is 4.61. The minimum Gasteiger partial charge on any atom is -0.471 e. The van der Waals surface area contributed by atoms with Crippen molar-refractivity contribution in [3.05, 3.63) is 47.3 Å². The molecule has 0 aliphatic carbocycles. The van der Waals surface area contributed by atoms with Crippen LogP contribution < -0.4 is 15.4 Å². The number of aryl methyl sites for hydroxylation is 1. The van der Waals surface area contributed by atoms with E-state index in [0.29, 0.717) is 11.1 Å². The molecule has 2 amide bonds. The highest BCUT2D eigenvalue weighted by atomic mass is 19.3. The second-order valence-electron chi connectivity index (χ2n) is 6.51. The lowest BCUT2D eigenvalue weighted by atomic mass is 10.1. The summed E-state index contributed by atoms with van der Waals surface area (Å²) in [5, 5.41) is 0. The van der Waals surface area contributed by atoms with Crippen molar-refractivity contribution in [1.29, 1.82) is 0 Å². The number of amides is 2. The summed E-state index contributed by atoms with van der Waals surface area (Å²) >= 11 is 0. The van der Waals surface area contributed by atoms with Gasteiger partial charge in [-0.1, -0.05) is 13.8 Å². The third kappa shape index (κ3) is 5.45. The first kappa shape index (κ1) is 21.2. The molecule has 150 valence electrons. The van der Waals surface area contributed by atoms with Crippen molar-refractivity contribution in [3.63, 3.8) is 0 Å². The van der Waals surface area contributed by atoms with Gasteiger partial charge in [-0.3, -0.25) is 14.5 Å². The van der Waals surface area contributed by atoms with Crippen LogP contribution in [-0.4, -0.2) is 34.8 Å². The van der Waals surface area contributed by atoms with Crippen LogP contribution in [0.5, 0.6) is 5.88 Å². The Balaban J connectivity index is 2.31. The molecule has 2 aromatic rings. The van der Waals surface area contributed by atoms with Crippen LogP contribution in [0.2, 0.25) is 0 Å². The molecule has 7 nitrogen and oxygen atoms in total. The van der Waals surface area contributed by atoms with E-state index in [-0.39, 0.29) is 35.6 Å². The molecular formula is C19H22F2N4O3. The maximum atomic E-state index is 12.7. The van der Waals surface area contributed by atoms with E-state index >= 15 is 0 Å². The van der Waals surface area contributed by atoms with Crippen LogP contribution in [0.25, 0.3) is 0 Å². The normalized spacial score (nSPS) is 11.0. The zero-order chi connectivity index (χ0) is 20.8. The number of carbonyl (C=O) groups is 2. The molecule has 0 atom stereocenters. The SMILES string of the molecule is Cc1cc(CN(C(=O)C(C)C)c2cc(C(N)=O)ccn2)cnc1OCC(F)F. The van der Waals surface area contributed by atoms with Gasteiger partial charge in [0.05, 0.1) is 6.54 Å². The van der Waals surface area contributed by atoms with Gasteiger partial charge in [-0.05, 0) is 30.7 Å². The Bertz CT molecular complexity index is 859. The van der Waals surface area contributed by atoms with Crippen molar-refractivity contribution in [2.24, 2.45) is 11.7 Å². The lowest BCUT2D eigenvalue weighted by Gasteiger charge is -2.24. The number of ether oxygens (including phenoxy) is 1. The summed E-state index contributed by atoms with van der Waals surface area (Å²) < 4.78 is 29.6. The average Bonchev–Trinajstić information content (AvgIpc) is 2.64. The van der Waals surface area contributed by atoms with Gasteiger partial charge in [0, 0.05) is 29.4 Å². The number of rotatable bonds is 8. The van der Waals surface area contributed by atoms with E-state index in [0.717, 1.165) is 0 Å². The van der Waals surface area contributed by atoms with E-state index in [2.05, 4.69) is 9.97 Å². The van der Waals surface area contributed by atoms with Gasteiger partial charge in [0.15, 0.2) is 6.61 Å². The van der Waals surface area contributed by atoms with Crippen LogP contribution in [0, 0.1) is 12.8 Å². The van der Waals surface area contributed by atoms with Crippen molar-refractivity contribution in [3.8, 4) is 5.88 Å². The summed E-state index contributed by atoms with van der Waals surface area (Å²) in [5.41, 5.74) is 6.76. The van der Waals surface area contributed by atoms with Gasteiger partial charge in [0.1, 0.15) is 5.82 Å². The number of pyridine rings is 2. The Hall–Kier alpha value is -3.10. The average molecular weight is 392 g/mol. The van der Waals surface area contributed by atoms with E-state index in [1.54, 1.807) is 26.8 Å². The van der Waals surface area contributed by atoms with Crippen LogP contribution in [0.1, 0.15) is 35.3 Å². The van der Waals surface area contributed by atoms with Gasteiger partial charge in [-0.25, -0.2) is 18.7 Å². The van der Waals surface area contributed by atoms with Gasteiger partial charge in [-0.15, -0.1) is 0 Å². The lowest BCUT2D eigenvalue weighted by Crippen LogP contribution is -2.34. The third-order valence-electron chi connectivity index (χ3n) is 3.84. The summed E-state index contributed by atoms with van der Waals surface area (Å²) in [6.07, 6.45) is 0.260. The Morgan fingerprint density at radius 2 is 1.96 bits per heavy atom. The molecule has 28 heavy (non-hydrogen) atoms. The van der Waals surface area contributed by atoms with Crippen LogP contribution in [0.3, 0.4) is 0 Å². The molecule has 0 bridgehead atoms. The maximum absolute atomic E-state index is 12.7. The topological polar surface area (TPSA) is 98.4 Å². The largest absolute Gasteiger partial charge is 0.471 e. The second-order valence-corrected chi connectivity index (χ2v) is 6.51. The van der Waals surface area contributed by atoms with E-state index in [4.69, 9.17) is 10.5 Å². The molecule has 0 spiro atoms. The number of nitrogens with two attached hydrogens (primary N) is 1. The van der Waals surface area contributed by atoms with Gasteiger partial charge < -0.3 is 10.5 Å². The smallest absolute Gasteiger partial charge is 0.272 e. The Morgan fingerprint density at radius 1 is 1.25 bits per heavy atom. The summed E-state index contributed by atoms with van der Waals surface area (Å²) in [7, 11) is 0. The van der Waals surface area contributed by atoms with E-state index in [1.807, 2.05) is 0 Å². The summed E-state index contributed by atoms with van der Waals surface area (Å²) in [5.74, 6) is -0.754. The first-order chi connectivity index (χ1) is 13.2. The Kier molecular flexibility index (Phi) is 6.97. The highest BCUT2D eigenvalue weighted by Crippen LogP contribution is 2.21. The quantitative estimate of drug-likeness (QED) is 0.745. The number of halogens is 2. The number of alkyl halides is 2. The summed E-state index contributed by atoms with van der Waals surface area (Å²) in [6.45, 7) is 4.57. The zero-order valence-electron chi connectivity index (χ0n) is 15.9. The van der Waals surface area contributed by atoms with Gasteiger partial charge >= 0.3 is 0 Å². The predicted octanol–water partition coefficient (Wildman–Crippen LogP) is 2.72. The molecule has 0 aromatic carbocycles. The van der Waals surface area contributed by atoms with Crippen molar-refractivity contribution in [2.45, 2.75) is 33.7 Å². The third-order valence-corrected chi connectivity index (χ3v) is 3.84. The number of carbonyl (C=O) groups excluding carboxylic acids is 2. The zero-order valence-corrected chi connectivity index (χ0v) is 15.9. The monoisotopic (exact) mass is 392 g/mol. The van der Waals surface area contributed by atoms with Crippen molar-refractivity contribution in [1.82, 2.24) is 9.97 Å². The van der Waals surface area contributed by atoms with Gasteiger partial charge in [0.2, 0.25) is 17.7 Å². The molecule has 2 heterocycles. The fourth-order valence-electron chi connectivity index (χ4n) is 2.49. The van der Waals surface area contributed by atoms with Crippen molar-refractivity contribution in [2.75, 3.05) is 11.5 Å². The first-order valence-corrected chi connectivity index (χ1v) is 8.62. The molecule has 0 fully saturated rings. The molecule has 0 aliphatic heterocycles. The maximum Gasteiger partial charge on any atom is 0.272 e. The molecule has 0 saturated heterocycles. The lowest BCUT2D eigenvalue weighted by molar-refractivity contribution is -0.121. The summed E-state index contributed by atoms with van der Waals surface area (Å²) in [4.78, 5) is 33.8. The molecule has 2 aromatic heterocycles. The number of nitrogens with zero attached hydrogens (tertiary/aromatic N) is 3. The van der Waals surface area contributed by atoms with Crippen LogP contribution in [0.4, 0.5) is 14.6 Å². The molecule has 2 rings (SSSR count). The fraction of sp³-hybridized carbons (Fsp3) is 0.368. The fourth-order valence-corrected chi connectivity index (χ4v) is 2.49. The van der Waals surface area contributed by atoms with E-state index < -0.39 is 18.9 Å². The Labute approximate surface area is 161 Å². The van der Waals surface area contributed by atoms with Crippen LogP contribution in [0.15, 0.2) is 30.6 Å². The van der Waals surface area contributed by atoms with Crippen molar-refractivity contribution >= 4 is 17.6 Å². The molecule has 0 aliphatic rings.